The highest BCUT2D eigenvalue weighted by atomic mass is 35.5. The van der Waals surface area contributed by atoms with Crippen molar-refractivity contribution in [2.24, 2.45) is 11.8 Å². The van der Waals surface area contributed by atoms with Crippen LogP contribution in [0.15, 0.2) is 0 Å². The summed E-state index contributed by atoms with van der Waals surface area (Å²) in [4.78, 5) is 18.2. The number of halogens is 1. The molecule has 1 fully saturated rings. The van der Waals surface area contributed by atoms with E-state index in [-0.39, 0.29) is 24.2 Å². The first-order valence-corrected chi connectivity index (χ1v) is 8.58. The molecule has 0 radical (unpaired) electrons. The molecule has 0 saturated carbocycles. The second-order valence-corrected chi connectivity index (χ2v) is 7.02. The molecule has 1 amide bonds. The van der Waals surface area contributed by atoms with Crippen molar-refractivity contribution in [3.05, 3.63) is 10.6 Å². The van der Waals surface area contributed by atoms with Crippen LogP contribution in [0, 0.1) is 11.8 Å². The van der Waals surface area contributed by atoms with Gasteiger partial charge in [-0.05, 0) is 44.6 Å². The monoisotopic (exact) mass is 329 g/mol. The number of piperidine rings is 1. The maximum Gasteiger partial charge on any atom is 0.230 e. The molecule has 0 bridgehead atoms. The SMILES string of the molecule is CCC1CCc2nc(NC(=O)C3CCCNC3)sc2C1.Cl. The van der Waals surface area contributed by atoms with Crippen LogP contribution in [-0.2, 0) is 17.6 Å². The van der Waals surface area contributed by atoms with Crippen molar-refractivity contribution >= 4 is 34.8 Å². The quantitative estimate of drug-likeness (QED) is 0.896. The highest BCUT2D eigenvalue weighted by Crippen LogP contribution is 2.33. The number of hydrogen-bond donors (Lipinski definition) is 2. The number of anilines is 1. The van der Waals surface area contributed by atoms with E-state index in [0.717, 1.165) is 49.8 Å². The summed E-state index contributed by atoms with van der Waals surface area (Å²) in [5, 5.41) is 7.12. The largest absolute Gasteiger partial charge is 0.316 e. The highest BCUT2D eigenvalue weighted by molar-refractivity contribution is 7.15. The zero-order valence-corrected chi connectivity index (χ0v) is 14.1. The number of nitrogens with one attached hydrogen (secondary N) is 2. The van der Waals surface area contributed by atoms with Crippen LogP contribution in [0.4, 0.5) is 5.13 Å². The van der Waals surface area contributed by atoms with Gasteiger partial charge in [-0.3, -0.25) is 4.79 Å². The Balaban J connectivity index is 0.00000161. The van der Waals surface area contributed by atoms with Gasteiger partial charge in [-0.2, -0.15) is 0 Å². The van der Waals surface area contributed by atoms with Gasteiger partial charge in [-0.25, -0.2) is 4.98 Å². The Morgan fingerprint density at radius 2 is 2.33 bits per heavy atom. The third-order valence-electron chi connectivity index (χ3n) is 4.52. The fraction of sp³-hybridized carbons (Fsp3) is 0.733. The van der Waals surface area contributed by atoms with Crippen LogP contribution in [-0.4, -0.2) is 24.0 Å². The van der Waals surface area contributed by atoms with Gasteiger partial charge in [-0.1, -0.05) is 13.3 Å². The highest BCUT2D eigenvalue weighted by Gasteiger charge is 2.24. The van der Waals surface area contributed by atoms with Crippen molar-refractivity contribution in [1.82, 2.24) is 10.3 Å². The molecule has 1 aliphatic heterocycles. The molecule has 1 aromatic rings. The standard InChI is InChI=1S/C15H23N3OS.ClH/c1-2-10-5-6-12-13(8-10)20-15(17-12)18-14(19)11-4-3-7-16-9-11;/h10-11,16H,2-9H2,1H3,(H,17,18,19);1H. The van der Waals surface area contributed by atoms with E-state index in [1.807, 2.05) is 0 Å². The van der Waals surface area contributed by atoms with Gasteiger partial charge in [0.05, 0.1) is 11.6 Å². The number of aromatic nitrogens is 1. The van der Waals surface area contributed by atoms with Gasteiger partial charge in [0, 0.05) is 11.4 Å². The van der Waals surface area contributed by atoms with Crippen LogP contribution in [0.1, 0.15) is 43.2 Å². The average molecular weight is 330 g/mol. The van der Waals surface area contributed by atoms with Crippen LogP contribution in [0.2, 0.25) is 0 Å². The summed E-state index contributed by atoms with van der Waals surface area (Å²) < 4.78 is 0. The lowest BCUT2D eigenvalue weighted by Crippen LogP contribution is -2.37. The molecule has 6 heteroatoms. The predicted octanol–water partition coefficient (Wildman–Crippen LogP) is 3.02. The van der Waals surface area contributed by atoms with Crippen LogP contribution in [0.5, 0.6) is 0 Å². The minimum atomic E-state index is 0. The molecule has 0 spiro atoms. The molecule has 1 aromatic heterocycles. The van der Waals surface area contributed by atoms with Crippen LogP contribution in [0.25, 0.3) is 0 Å². The lowest BCUT2D eigenvalue weighted by molar-refractivity contribution is -0.120. The molecule has 2 N–H and O–H groups in total. The number of amides is 1. The minimum absolute atomic E-state index is 0. The van der Waals surface area contributed by atoms with E-state index in [2.05, 4.69) is 22.5 Å². The smallest absolute Gasteiger partial charge is 0.230 e. The molecule has 4 nitrogen and oxygen atoms in total. The Bertz CT molecular complexity index is 485. The Labute approximate surface area is 136 Å². The second kappa shape index (κ2) is 7.56. The van der Waals surface area contributed by atoms with E-state index < -0.39 is 0 Å². The number of rotatable bonds is 3. The van der Waals surface area contributed by atoms with Gasteiger partial charge >= 0.3 is 0 Å². The summed E-state index contributed by atoms with van der Waals surface area (Å²) in [6.07, 6.45) is 6.78. The maximum atomic E-state index is 12.2. The van der Waals surface area contributed by atoms with Gasteiger partial charge in [-0.15, -0.1) is 23.7 Å². The Morgan fingerprint density at radius 3 is 3.05 bits per heavy atom. The second-order valence-electron chi connectivity index (χ2n) is 5.94. The number of carbonyl (C=O) groups is 1. The molecule has 118 valence electrons. The zero-order chi connectivity index (χ0) is 13.9. The summed E-state index contributed by atoms with van der Waals surface area (Å²) in [6, 6.07) is 0. The van der Waals surface area contributed by atoms with Crippen molar-refractivity contribution < 1.29 is 4.79 Å². The number of nitrogens with zero attached hydrogens (tertiary/aromatic N) is 1. The third-order valence-corrected chi connectivity index (χ3v) is 5.55. The molecular weight excluding hydrogens is 306 g/mol. The van der Waals surface area contributed by atoms with Crippen LogP contribution >= 0.6 is 23.7 Å². The average Bonchev–Trinajstić information content (AvgIpc) is 2.89. The Hall–Kier alpha value is -0.650. The molecule has 3 rings (SSSR count). The first-order chi connectivity index (χ1) is 9.76. The lowest BCUT2D eigenvalue weighted by atomic mass is 9.89. The summed E-state index contributed by atoms with van der Waals surface area (Å²) in [6.45, 7) is 4.10. The molecule has 1 saturated heterocycles. The molecule has 21 heavy (non-hydrogen) atoms. The van der Waals surface area contributed by atoms with E-state index in [4.69, 9.17) is 0 Å². The van der Waals surface area contributed by atoms with E-state index in [9.17, 15) is 4.79 Å². The van der Waals surface area contributed by atoms with Crippen LogP contribution in [0.3, 0.4) is 0 Å². The molecule has 2 unspecified atom stereocenters. The summed E-state index contributed by atoms with van der Waals surface area (Å²) in [7, 11) is 0. The fourth-order valence-corrected chi connectivity index (χ4v) is 4.25. The lowest BCUT2D eigenvalue weighted by Gasteiger charge is -2.21. The third kappa shape index (κ3) is 3.96. The van der Waals surface area contributed by atoms with E-state index in [0.29, 0.717) is 0 Å². The number of hydrogen-bond acceptors (Lipinski definition) is 4. The number of thiazole rings is 1. The van der Waals surface area contributed by atoms with Crippen LogP contribution < -0.4 is 10.6 Å². The number of carbonyl (C=O) groups excluding carboxylic acids is 1. The number of aryl methyl sites for hydroxylation is 1. The normalized spacial score (nSPS) is 24.8. The molecule has 1 aliphatic carbocycles. The van der Waals surface area contributed by atoms with Crippen molar-refractivity contribution in [2.45, 2.75) is 45.4 Å². The van der Waals surface area contributed by atoms with E-state index >= 15 is 0 Å². The predicted molar refractivity (Wildman–Crippen MR) is 89.4 cm³/mol. The molecule has 0 aromatic carbocycles. The van der Waals surface area contributed by atoms with Gasteiger partial charge < -0.3 is 10.6 Å². The summed E-state index contributed by atoms with van der Waals surface area (Å²) in [5.74, 6) is 1.04. The summed E-state index contributed by atoms with van der Waals surface area (Å²) in [5.41, 5.74) is 1.22. The molecule has 2 atom stereocenters. The Morgan fingerprint density at radius 1 is 1.48 bits per heavy atom. The van der Waals surface area contributed by atoms with Gasteiger partial charge in [0.2, 0.25) is 5.91 Å². The van der Waals surface area contributed by atoms with Crippen molar-refractivity contribution in [3.63, 3.8) is 0 Å². The van der Waals surface area contributed by atoms with Gasteiger partial charge in [0.1, 0.15) is 0 Å². The van der Waals surface area contributed by atoms with Gasteiger partial charge in [0.15, 0.2) is 5.13 Å². The van der Waals surface area contributed by atoms with E-state index in [1.54, 1.807) is 11.3 Å². The van der Waals surface area contributed by atoms with Crippen molar-refractivity contribution in [3.8, 4) is 0 Å². The van der Waals surface area contributed by atoms with Gasteiger partial charge in [0.25, 0.3) is 0 Å². The van der Waals surface area contributed by atoms with E-state index in [1.165, 1.54) is 23.4 Å². The first-order valence-electron chi connectivity index (χ1n) is 7.76. The summed E-state index contributed by atoms with van der Waals surface area (Å²) >= 11 is 1.68. The minimum Gasteiger partial charge on any atom is -0.316 e. The maximum absolute atomic E-state index is 12.2. The fourth-order valence-electron chi connectivity index (χ4n) is 3.13. The molecular formula is C15H24ClN3OS. The topological polar surface area (TPSA) is 54.0 Å². The first kappa shape index (κ1) is 16.7. The zero-order valence-electron chi connectivity index (χ0n) is 12.5. The molecule has 2 aliphatic rings. The van der Waals surface area contributed by atoms with Crippen molar-refractivity contribution in [2.75, 3.05) is 18.4 Å². The van der Waals surface area contributed by atoms with Crippen molar-refractivity contribution in [1.29, 1.82) is 0 Å². The molecule has 2 heterocycles. The Kier molecular flexibility index (Phi) is 6.02. The number of fused-ring (bicyclic) bond motifs is 1.